The molecule has 0 spiro atoms. The second kappa shape index (κ2) is 7.31. The van der Waals surface area contributed by atoms with Gasteiger partial charge < -0.3 is 20.3 Å². The molecule has 116 valence electrons. The van der Waals surface area contributed by atoms with Gasteiger partial charge in [-0.3, -0.25) is 4.79 Å². The first-order chi connectivity index (χ1) is 10.2. The number of nitrogens with zero attached hydrogens (tertiary/aromatic N) is 2. The maximum atomic E-state index is 12.4. The van der Waals surface area contributed by atoms with E-state index in [-0.39, 0.29) is 5.91 Å². The van der Waals surface area contributed by atoms with Crippen molar-refractivity contribution in [2.24, 2.45) is 5.73 Å². The van der Waals surface area contributed by atoms with Crippen LogP contribution in [0.2, 0.25) is 0 Å². The Balaban J connectivity index is 2.11. The topological polar surface area (TPSA) is 58.8 Å². The van der Waals surface area contributed by atoms with Crippen LogP contribution in [0.25, 0.3) is 0 Å². The molecular formula is C16H25N3O2. The molecule has 0 atom stereocenters. The van der Waals surface area contributed by atoms with Crippen LogP contribution in [0.1, 0.15) is 19.3 Å². The van der Waals surface area contributed by atoms with E-state index in [1.807, 2.05) is 36.2 Å². The zero-order valence-electron chi connectivity index (χ0n) is 12.9. The van der Waals surface area contributed by atoms with E-state index in [2.05, 4.69) is 4.90 Å². The van der Waals surface area contributed by atoms with Gasteiger partial charge in [0.05, 0.1) is 19.3 Å². The Labute approximate surface area is 126 Å². The predicted molar refractivity (Wildman–Crippen MR) is 84.7 cm³/mol. The molecule has 1 aromatic rings. The smallest absolute Gasteiger partial charge is 0.242 e. The molecule has 1 aliphatic rings. The maximum Gasteiger partial charge on any atom is 0.242 e. The van der Waals surface area contributed by atoms with Crippen molar-refractivity contribution in [1.29, 1.82) is 0 Å². The summed E-state index contributed by atoms with van der Waals surface area (Å²) in [6, 6.07) is 8.23. The number of para-hydroxylation sites is 2. The highest BCUT2D eigenvalue weighted by Crippen LogP contribution is 2.29. The van der Waals surface area contributed by atoms with Gasteiger partial charge in [-0.05, 0) is 37.9 Å². The number of anilines is 1. The fraction of sp³-hybridized carbons (Fsp3) is 0.562. The largest absolute Gasteiger partial charge is 0.495 e. The lowest BCUT2D eigenvalue weighted by Gasteiger charge is -2.28. The number of carbonyl (C=O) groups is 1. The van der Waals surface area contributed by atoms with E-state index >= 15 is 0 Å². The minimum Gasteiger partial charge on any atom is -0.495 e. The van der Waals surface area contributed by atoms with Crippen LogP contribution in [0.5, 0.6) is 5.75 Å². The van der Waals surface area contributed by atoms with E-state index < -0.39 is 0 Å². The van der Waals surface area contributed by atoms with Crippen molar-refractivity contribution in [2.75, 3.05) is 38.7 Å². The lowest BCUT2D eigenvalue weighted by Crippen LogP contribution is -2.40. The monoisotopic (exact) mass is 291 g/mol. The lowest BCUT2D eigenvalue weighted by atomic mass is 10.2. The Morgan fingerprint density at radius 1 is 1.38 bits per heavy atom. The van der Waals surface area contributed by atoms with Crippen LogP contribution < -0.4 is 15.4 Å². The van der Waals surface area contributed by atoms with Crippen molar-refractivity contribution in [3.63, 3.8) is 0 Å². The molecule has 2 N–H and O–H groups in total. The molecule has 0 bridgehead atoms. The van der Waals surface area contributed by atoms with Gasteiger partial charge in [0.2, 0.25) is 5.91 Å². The first-order valence-corrected chi connectivity index (χ1v) is 7.51. The molecule has 5 heteroatoms. The van der Waals surface area contributed by atoms with E-state index in [0.717, 1.165) is 37.2 Å². The highest BCUT2D eigenvalue weighted by molar-refractivity contribution is 5.82. The average Bonchev–Trinajstić information content (AvgIpc) is 3.35. The number of hydrogen-bond acceptors (Lipinski definition) is 4. The lowest BCUT2D eigenvalue weighted by molar-refractivity contribution is -0.128. The zero-order valence-corrected chi connectivity index (χ0v) is 12.9. The number of likely N-dealkylation sites (N-methyl/N-ethyl adjacent to an activating group) is 1. The number of methoxy groups -OCH3 is 1. The first-order valence-electron chi connectivity index (χ1n) is 7.51. The van der Waals surface area contributed by atoms with Gasteiger partial charge in [-0.2, -0.15) is 0 Å². The molecule has 0 saturated heterocycles. The normalized spacial score (nSPS) is 13.9. The molecule has 5 nitrogen and oxygen atoms in total. The van der Waals surface area contributed by atoms with Gasteiger partial charge >= 0.3 is 0 Å². The quantitative estimate of drug-likeness (QED) is 0.788. The summed E-state index contributed by atoms with van der Waals surface area (Å²) >= 11 is 0. The van der Waals surface area contributed by atoms with Crippen LogP contribution in [0.15, 0.2) is 24.3 Å². The first kappa shape index (κ1) is 15.6. The van der Waals surface area contributed by atoms with Crippen molar-refractivity contribution < 1.29 is 9.53 Å². The van der Waals surface area contributed by atoms with Gasteiger partial charge in [-0.25, -0.2) is 0 Å². The van der Waals surface area contributed by atoms with Crippen LogP contribution in [0.3, 0.4) is 0 Å². The molecule has 21 heavy (non-hydrogen) atoms. The number of rotatable bonds is 8. The fourth-order valence-corrected chi connectivity index (χ4v) is 2.40. The number of hydrogen-bond donors (Lipinski definition) is 1. The summed E-state index contributed by atoms with van der Waals surface area (Å²) in [5.41, 5.74) is 6.57. The Bertz CT molecular complexity index is 474. The summed E-state index contributed by atoms with van der Waals surface area (Å²) in [6.07, 6.45) is 3.10. The van der Waals surface area contributed by atoms with Crippen molar-refractivity contribution in [3.05, 3.63) is 24.3 Å². The minimum atomic E-state index is 0.153. The number of carbonyl (C=O) groups excluding carboxylic acids is 1. The SMILES string of the molecule is COc1ccccc1N(CCCN)CC(=O)N(C)C1CC1. The third kappa shape index (κ3) is 4.11. The van der Waals surface area contributed by atoms with Crippen LogP contribution in [0.4, 0.5) is 5.69 Å². The number of ether oxygens (including phenoxy) is 1. The van der Waals surface area contributed by atoms with E-state index in [1.165, 1.54) is 0 Å². The van der Waals surface area contributed by atoms with Crippen molar-refractivity contribution in [3.8, 4) is 5.75 Å². The molecule has 1 aliphatic carbocycles. The number of nitrogens with two attached hydrogens (primary N) is 1. The summed E-state index contributed by atoms with van der Waals surface area (Å²) in [6.45, 7) is 1.73. The van der Waals surface area contributed by atoms with Crippen LogP contribution in [-0.2, 0) is 4.79 Å². The number of amides is 1. The molecule has 2 rings (SSSR count). The second-order valence-electron chi connectivity index (χ2n) is 5.47. The van der Waals surface area contributed by atoms with E-state index in [1.54, 1.807) is 7.11 Å². The third-order valence-electron chi connectivity index (χ3n) is 3.87. The fourth-order valence-electron chi connectivity index (χ4n) is 2.40. The summed E-state index contributed by atoms with van der Waals surface area (Å²) < 4.78 is 5.41. The Morgan fingerprint density at radius 2 is 2.10 bits per heavy atom. The molecule has 0 aliphatic heterocycles. The third-order valence-corrected chi connectivity index (χ3v) is 3.87. The highest BCUT2D eigenvalue weighted by atomic mass is 16.5. The standard InChI is InChI=1S/C16H25N3O2/c1-18(13-8-9-13)16(20)12-19(11-5-10-17)14-6-3-4-7-15(14)21-2/h3-4,6-7,13H,5,8-12,17H2,1-2H3. The molecule has 1 fully saturated rings. The molecule has 1 aromatic carbocycles. The molecule has 0 unspecified atom stereocenters. The van der Waals surface area contributed by atoms with Gasteiger partial charge in [0.25, 0.3) is 0 Å². The van der Waals surface area contributed by atoms with Crippen molar-refractivity contribution in [1.82, 2.24) is 4.90 Å². The summed E-state index contributed by atoms with van der Waals surface area (Å²) in [7, 11) is 3.54. The summed E-state index contributed by atoms with van der Waals surface area (Å²) in [5, 5.41) is 0. The van der Waals surface area contributed by atoms with E-state index in [9.17, 15) is 4.79 Å². The molecule has 0 heterocycles. The van der Waals surface area contributed by atoms with Crippen molar-refractivity contribution >= 4 is 11.6 Å². The summed E-state index contributed by atoms with van der Waals surface area (Å²) in [4.78, 5) is 16.3. The highest BCUT2D eigenvalue weighted by Gasteiger charge is 2.30. The number of benzene rings is 1. The van der Waals surface area contributed by atoms with Crippen LogP contribution in [0, 0.1) is 0 Å². The Kier molecular flexibility index (Phi) is 5.44. The average molecular weight is 291 g/mol. The van der Waals surface area contributed by atoms with Gasteiger partial charge in [-0.1, -0.05) is 12.1 Å². The molecule has 1 saturated carbocycles. The predicted octanol–water partition coefficient (Wildman–Crippen LogP) is 1.47. The van der Waals surface area contributed by atoms with E-state index in [4.69, 9.17) is 10.5 Å². The Morgan fingerprint density at radius 3 is 2.71 bits per heavy atom. The van der Waals surface area contributed by atoms with E-state index in [0.29, 0.717) is 19.1 Å². The van der Waals surface area contributed by atoms with Gasteiger partial charge in [0.15, 0.2) is 0 Å². The van der Waals surface area contributed by atoms with Gasteiger partial charge in [-0.15, -0.1) is 0 Å². The zero-order chi connectivity index (χ0) is 15.2. The molecular weight excluding hydrogens is 266 g/mol. The van der Waals surface area contributed by atoms with Crippen LogP contribution in [-0.4, -0.2) is 50.6 Å². The minimum absolute atomic E-state index is 0.153. The molecule has 1 amide bonds. The summed E-state index contributed by atoms with van der Waals surface area (Å²) in [5.74, 6) is 0.942. The second-order valence-corrected chi connectivity index (χ2v) is 5.47. The van der Waals surface area contributed by atoms with Crippen LogP contribution >= 0.6 is 0 Å². The Hall–Kier alpha value is -1.75. The van der Waals surface area contributed by atoms with Gasteiger partial charge in [0.1, 0.15) is 5.75 Å². The van der Waals surface area contributed by atoms with Gasteiger partial charge in [0, 0.05) is 19.6 Å². The van der Waals surface area contributed by atoms with Crippen molar-refractivity contribution in [2.45, 2.75) is 25.3 Å². The molecule has 0 aromatic heterocycles. The molecule has 0 radical (unpaired) electrons. The maximum absolute atomic E-state index is 12.4.